The molecule has 0 aliphatic carbocycles. The number of nitrogens with one attached hydrogen (secondary N) is 1. The smallest absolute Gasteiger partial charge is 0.220 e. The Morgan fingerprint density at radius 3 is 1.26 bits per heavy atom. The molecule has 12 unspecified atom stereocenters. The first kappa shape index (κ1) is 77.3. The predicted octanol–water partition coefficient (Wildman–Crippen LogP) is 13.2. The molecular weight excluding hydrogens is 1060 g/mol. The third-order valence-corrected chi connectivity index (χ3v) is 16.1. The largest absolute Gasteiger partial charge is 0.394 e. The van der Waals surface area contributed by atoms with Crippen molar-refractivity contribution in [2.75, 3.05) is 19.8 Å². The molecule has 14 nitrogen and oxygen atoms in total. The van der Waals surface area contributed by atoms with Crippen molar-refractivity contribution in [3.63, 3.8) is 0 Å². The van der Waals surface area contributed by atoms with E-state index in [1.54, 1.807) is 0 Å². The molecule has 2 heterocycles. The second-order valence-electron chi connectivity index (χ2n) is 23.6. The summed E-state index contributed by atoms with van der Waals surface area (Å²) in [5.74, 6) is -0.209. The zero-order valence-corrected chi connectivity index (χ0v) is 52.6. The van der Waals surface area contributed by atoms with Crippen LogP contribution >= 0.6 is 0 Å². The van der Waals surface area contributed by atoms with Crippen LogP contribution in [0.15, 0.2) is 85.1 Å². The Morgan fingerprint density at radius 2 is 0.821 bits per heavy atom. The van der Waals surface area contributed by atoms with Gasteiger partial charge in [0.05, 0.1) is 32.0 Å². The predicted molar refractivity (Wildman–Crippen MR) is 341 cm³/mol. The second kappa shape index (κ2) is 54.3. The Labute approximate surface area is 510 Å². The SMILES string of the molecule is CC/C=C\C/C=C\C/C=C\C/C=C\C/C=C\C/C=C\C/C=C\CCCCCCCCCCCCCCCC(=O)NC(COC1OC(CO)C(OC2OC(CO)C(O)C(O)C2O)C(O)C1O)C(O)CCCCCCCCCCCCCCCCC. The maximum Gasteiger partial charge on any atom is 0.220 e. The zero-order chi connectivity index (χ0) is 60.9. The molecule has 2 saturated heterocycles. The van der Waals surface area contributed by atoms with E-state index in [0.29, 0.717) is 12.8 Å². The molecule has 9 N–H and O–H groups in total. The molecule has 2 aliphatic rings. The minimum Gasteiger partial charge on any atom is -0.394 e. The quantitative estimate of drug-likeness (QED) is 0.0204. The van der Waals surface area contributed by atoms with E-state index in [4.69, 9.17) is 18.9 Å². The van der Waals surface area contributed by atoms with Gasteiger partial charge in [0, 0.05) is 6.42 Å². The number of ether oxygens (including phenoxy) is 4. The molecule has 14 heteroatoms. The molecule has 84 heavy (non-hydrogen) atoms. The number of unbranched alkanes of at least 4 members (excludes halogenated alkanes) is 27. The van der Waals surface area contributed by atoms with Gasteiger partial charge in [0.2, 0.25) is 5.91 Å². The van der Waals surface area contributed by atoms with E-state index in [0.717, 1.165) is 103 Å². The molecule has 12 atom stereocenters. The Hall–Kier alpha value is -2.83. The molecule has 486 valence electrons. The van der Waals surface area contributed by atoms with Crippen LogP contribution in [0.5, 0.6) is 0 Å². The number of carbonyl (C=O) groups is 1. The van der Waals surface area contributed by atoms with Crippen molar-refractivity contribution in [2.45, 2.75) is 331 Å². The van der Waals surface area contributed by atoms with E-state index in [1.807, 2.05) is 0 Å². The first-order chi connectivity index (χ1) is 41.1. The fourth-order valence-corrected chi connectivity index (χ4v) is 10.7. The van der Waals surface area contributed by atoms with Crippen molar-refractivity contribution in [2.24, 2.45) is 0 Å². The van der Waals surface area contributed by atoms with Crippen LogP contribution in [-0.2, 0) is 23.7 Å². The summed E-state index contributed by atoms with van der Waals surface area (Å²) < 4.78 is 22.9. The van der Waals surface area contributed by atoms with Gasteiger partial charge in [-0.05, 0) is 70.6 Å². The van der Waals surface area contributed by atoms with E-state index in [1.165, 1.54) is 128 Å². The summed E-state index contributed by atoms with van der Waals surface area (Å²) in [5, 5.41) is 87.4. The Bertz CT molecular complexity index is 1730. The lowest BCUT2D eigenvalue weighted by atomic mass is 9.97. The summed E-state index contributed by atoms with van der Waals surface area (Å²) in [4.78, 5) is 13.3. The van der Waals surface area contributed by atoms with Gasteiger partial charge >= 0.3 is 0 Å². The Kier molecular flexibility index (Phi) is 50.0. The lowest BCUT2D eigenvalue weighted by molar-refractivity contribution is -0.359. The van der Waals surface area contributed by atoms with E-state index in [9.17, 15) is 45.6 Å². The van der Waals surface area contributed by atoms with Crippen LogP contribution in [0, 0.1) is 0 Å². The average Bonchev–Trinajstić information content (AvgIpc) is 3.23. The average molecular weight is 1190 g/mol. The molecule has 0 aromatic carbocycles. The van der Waals surface area contributed by atoms with Gasteiger partial charge < -0.3 is 65.1 Å². The Morgan fingerprint density at radius 1 is 0.440 bits per heavy atom. The number of rotatable bonds is 54. The second-order valence-corrected chi connectivity index (χ2v) is 23.6. The van der Waals surface area contributed by atoms with Crippen molar-refractivity contribution < 1.29 is 64.6 Å². The van der Waals surface area contributed by atoms with Gasteiger partial charge in [0.1, 0.15) is 48.8 Å². The molecule has 2 rings (SSSR count). The molecule has 0 bridgehead atoms. The van der Waals surface area contributed by atoms with Crippen LogP contribution in [0.1, 0.15) is 258 Å². The molecule has 2 fully saturated rings. The summed E-state index contributed by atoms with van der Waals surface area (Å²) >= 11 is 0. The number of amides is 1. The van der Waals surface area contributed by atoms with Crippen LogP contribution in [0.2, 0.25) is 0 Å². The summed E-state index contributed by atoms with van der Waals surface area (Å²) in [6, 6.07) is -0.833. The zero-order valence-electron chi connectivity index (χ0n) is 52.6. The number of aliphatic hydroxyl groups excluding tert-OH is 8. The van der Waals surface area contributed by atoms with E-state index in [2.05, 4.69) is 104 Å². The van der Waals surface area contributed by atoms with Gasteiger partial charge in [-0.15, -0.1) is 0 Å². The van der Waals surface area contributed by atoms with E-state index in [-0.39, 0.29) is 12.5 Å². The standard InChI is InChI=1S/C70H123NO13/c1-3-5-7-9-11-13-15-17-19-20-21-22-23-24-25-26-27-28-29-30-31-32-33-34-35-36-37-38-40-42-44-46-48-50-52-54-62(75)71-58(59(74)53-51-49-47-45-43-41-39-18-16-14-12-10-8-6-4-2)57-81-69-67(80)65(78)68(61(56-73)83-69)84-70-66(79)64(77)63(76)60(55-72)82-70/h5,7,11,13,17,19,21-22,24-25,27-28,30-31,58-61,63-70,72-74,76-80H,3-4,6,8-10,12,14-16,18,20,23,26,29,32-57H2,1-2H3,(H,71,75)/b7-5-,13-11-,19-17-,22-21-,25-24-,28-27-,31-30-. The molecule has 0 spiro atoms. The highest BCUT2D eigenvalue weighted by Gasteiger charge is 2.51. The maximum absolute atomic E-state index is 13.3. The van der Waals surface area contributed by atoms with E-state index < -0.39 is 86.8 Å². The molecule has 0 aromatic rings. The summed E-state index contributed by atoms with van der Waals surface area (Å²) in [5.41, 5.74) is 0. The minimum absolute atomic E-state index is 0.209. The number of carbonyl (C=O) groups excluding carboxylic acids is 1. The van der Waals surface area contributed by atoms with Crippen molar-refractivity contribution in [1.29, 1.82) is 0 Å². The summed E-state index contributed by atoms with van der Waals surface area (Å²) in [6.07, 6.45) is 57.3. The van der Waals surface area contributed by atoms with Gasteiger partial charge in [0.25, 0.3) is 0 Å². The summed E-state index contributed by atoms with van der Waals surface area (Å²) in [6.45, 7) is 2.76. The molecular formula is C70H123NO13. The monoisotopic (exact) mass is 1190 g/mol. The van der Waals surface area contributed by atoms with Crippen molar-refractivity contribution in [1.82, 2.24) is 5.32 Å². The molecule has 0 radical (unpaired) electrons. The first-order valence-corrected chi connectivity index (χ1v) is 33.8. The highest BCUT2D eigenvalue weighted by molar-refractivity contribution is 5.76. The number of hydrogen-bond acceptors (Lipinski definition) is 13. The number of hydrogen-bond donors (Lipinski definition) is 9. The third kappa shape index (κ3) is 38.4. The van der Waals surface area contributed by atoms with Crippen molar-refractivity contribution >= 4 is 5.91 Å². The van der Waals surface area contributed by atoms with Crippen LogP contribution in [-0.4, -0.2) is 140 Å². The van der Waals surface area contributed by atoms with Gasteiger partial charge in [-0.25, -0.2) is 0 Å². The van der Waals surface area contributed by atoms with Gasteiger partial charge in [0.15, 0.2) is 12.6 Å². The topological polar surface area (TPSA) is 228 Å². The van der Waals surface area contributed by atoms with E-state index >= 15 is 0 Å². The minimum atomic E-state index is -1.78. The lowest BCUT2D eigenvalue weighted by Crippen LogP contribution is -2.65. The molecule has 0 saturated carbocycles. The van der Waals surface area contributed by atoms with Gasteiger partial charge in [-0.2, -0.15) is 0 Å². The molecule has 2 aliphatic heterocycles. The summed E-state index contributed by atoms with van der Waals surface area (Å²) in [7, 11) is 0. The van der Waals surface area contributed by atoms with Gasteiger partial charge in [-0.3, -0.25) is 4.79 Å². The van der Waals surface area contributed by atoms with Crippen molar-refractivity contribution in [3.05, 3.63) is 85.1 Å². The van der Waals surface area contributed by atoms with Crippen LogP contribution in [0.3, 0.4) is 0 Å². The van der Waals surface area contributed by atoms with Crippen molar-refractivity contribution in [3.8, 4) is 0 Å². The molecule has 1 amide bonds. The fraction of sp³-hybridized carbons (Fsp3) is 0.786. The highest BCUT2D eigenvalue weighted by Crippen LogP contribution is 2.30. The normalized spacial score (nSPS) is 24.2. The maximum atomic E-state index is 13.3. The fourth-order valence-electron chi connectivity index (χ4n) is 10.7. The number of allylic oxidation sites excluding steroid dienone is 14. The lowest BCUT2D eigenvalue weighted by Gasteiger charge is -2.46. The third-order valence-electron chi connectivity index (χ3n) is 16.1. The molecule has 0 aromatic heterocycles. The highest BCUT2D eigenvalue weighted by atomic mass is 16.7. The Balaban J connectivity index is 1.63. The van der Waals surface area contributed by atoms with Crippen LogP contribution in [0.4, 0.5) is 0 Å². The van der Waals surface area contributed by atoms with Gasteiger partial charge in [-0.1, -0.05) is 266 Å². The van der Waals surface area contributed by atoms with Crippen LogP contribution in [0.25, 0.3) is 0 Å². The first-order valence-electron chi connectivity index (χ1n) is 33.8. The number of aliphatic hydroxyl groups is 8. The van der Waals surface area contributed by atoms with Crippen LogP contribution < -0.4 is 5.32 Å².